The highest BCUT2D eigenvalue weighted by Crippen LogP contribution is 2.38. The third kappa shape index (κ3) is 2.32. The molecule has 0 aromatic carbocycles. The number of piperidine rings is 1. The van der Waals surface area contributed by atoms with Gasteiger partial charge in [0.2, 0.25) is 0 Å². The highest BCUT2D eigenvalue weighted by atomic mass is 19.1. The lowest BCUT2D eigenvalue weighted by Gasteiger charge is -2.37. The van der Waals surface area contributed by atoms with Gasteiger partial charge in [-0.15, -0.1) is 0 Å². The molecule has 3 aliphatic rings. The standard InChI is InChI=1S/C16H20FN2/c1-3-19-10-12(5-4-11(19)2)15-9-18-16-8-13(17)6-7-14(15)16/h6-9,11-12H,3-5,10H2,1-2H3/t11-,12+/m1/s1. The summed E-state index contributed by atoms with van der Waals surface area (Å²) in [7, 11) is 0. The van der Waals surface area contributed by atoms with Crippen LogP contribution in [-0.4, -0.2) is 30.2 Å². The quantitative estimate of drug-likeness (QED) is 0.741. The van der Waals surface area contributed by atoms with Crippen LogP contribution in [0.15, 0.2) is 40.2 Å². The molecular formula is C16H20FN2. The lowest BCUT2D eigenvalue weighted by Crippen LogP contribution is -2.42. The van der Waals surface area contributed by atoms with E-state index in [1.54, 1.807) is 0 Å². The van der Waals surface area contributed by atoms with Gasteiger partial charge in [-0.1, -0.05) is 13.0 Å². The van der Waals surface area contributed by atoms with E-state index in [0.717, 1.165) is 24.7 Å². The van der Waals surface area contributed by atoms with E-state index in [1.165, 1.54) is 30.6 Å². The first-order valence-electron chi connectivity index (χ1n) is 7.14. The summed E-state index contributed by atoms with van der Waals surface area (Å²) >= 11 is 0. The molecule has 3 heteroatoms. The predicted octanol–water partition coefficient (Wildman–Crippen LogP) is 3.44. The van der Waals surface area contributed by atoms with Gasteiger partial charge in [-0.3, -0.25) is 4.99 Å². The van der Waals surface area contributed by atoms with Gasteiger partial charge in [0.1, 0.15) is 11.9 Å². The van der Waals surface area contributed by atoms with Crippen molar-refractivity contribution in [1.29, 1.82) is 0 Å². The zero-order chi connectivity index (χ0) is 13.4. The average molecular weight is 259 g/mol. The van der Waals surface area contributed by atoms with Crippen molar-refractivity contribution in [2.75, 3.05) is 13.1 Å². The van der Waals surface area contributed by atoms with Crippen molar-refractivity contribution < 1.29 is 4.39 Å². The number of allylic oxidation sites excluding steroid dienone is 2. The van der Waals surface area contributed by atoms with Crippen molar-refractivity contribution in [2.24, 2.45) is 10.9 Å². The van der Waals surface area contributed by atoms with Crippen LogP contribution in [-0.2, 0) is 0 Å². The van der Waals surface area contributed by atoms with Crippen LogP contribution in [0.25, 0.3) is 0 Å². The molecule has 2 aliphatic heterocycles. The van der Waals surface area contributed by atoms with Gasteiger partial charge in [-0.2, -0.15) is 0 Å². The Morgan fingerprint density at radius 1 is 1.37 bits per heavy atom. The molecule has 3 rings (SSSR count). The van der Waals surface area contributed by atoms with Crippen molar-refractivity contribution in [3.8, 4) is 0 Å². The summed E-state index contributed by atoms with van der Waals surface area (Å²) in [6.07, 6.45) is 9.32. The van der Waals surface area contributed by atoms with Crippen molar-refractivity contribution in [3.05, 3.63) is 41.2 Å². The Balaban J connectivity index is 1.82. The van der Waals surface area contributed by atoms with Crippen LogP contribution in [0, 0.1) is 12.0 Å². The van der Waals surface area contributed by atoms with Gasteiger partial charge >= 0.3 is 0 Å². The Hall–Kier alpha value is -1.22. The monoisotopic (exact) mass is 259 g/mol. The summed E-state index contributed by atoms with van der Waals surface area (Å²) in [5.41, 5.74) is 2.41. The number of fused-ring (bicyclic) bond motifs is 1. The van der Waals surface area contributed by atoms with Crippen LogP contribution in [0.5, 0.6) is 0 Å². The van der Waals surface area contributed by atoms with Gasteiger partial charge in [-0.05, 0) is 55.5 Å². The van der Waals surface area contributed by atoms with Crippen LogP contribution in [0.2, 0.25) is 0 Å². The maximum Gasteiger partial charge on any atom is 0.140 e. The van der Waals surface area contributed by atoms with E-state index in [4.69, 9.17) is 0 Å². The number of aliphatic imine (C=N–C) groups is 1. The minimum atomic E-state index is -0.204. The van der Waals surface area contributed by atoms with Crippen molar-refractivity contribution in [3.63, 3.8) is 0 Å². The Bertz CT molecular complexity index is 487. The lowest BCUT2D eigenvalue weighted by molar-refractivity contribution is 0.140. The summed E-state index contributed by atoms with van der Waals surface area (Å²) < 4.78 is 13.2. The van der Waals surface area contributed by atoms with Crippen LogP contribution in [0.4, 0.5) is 4.39 Å². The summed E-state index contributed by atoms with van der Waals surface area (Å²) in [4.78, 5) is 6.89. The molecule has 1 saturated heterocycles. The molecule has 101 valence electrons. The molecule has 2 nitrogen and oxygen atoms in total. The molecule has 0 saturated carbocycles. The van der Waals surface area contributed by atoms with Crippen LogP contribution in [0.1, 0.15) is 26.7 Å². The van der Waals surface area contributed by atoms with Gasteiger partial charge in [0, 0.05) is 18.8 Å². The Kier molecular flexibility index (Phi) is 3.40. The van der Waals surface area contributed by atoms with E-state index in [9.17, 15) is 4.39 Å². The molecule has 0 amide bonds. The molecule has 1 aliphatic carbocycles. The summed E-state index contributed by atoms with van der Waals surface area (Å²) in [6, 6.07) is 1.46. The topological polar surface area (TPSA) is 15.6 Å². The largest absolute Gasteiger partial charge is 0.300 e. The van der Waals surface area contributed by atoms with E-state index < -0.39 is 0 Å². The average Bonchev–Trinajstić information content (AvgIpc) is 2.82. The molecule has 0 aromatic rings. The zero-order valence-corrected chi connectivity index (χ0v) is 11.6. The Morgan fingerprint density at radius 3 is 3.00 bits per heavy atom. The number of likely N-dealkylation sites (tertiary alicyclic amines) is 1. The van der Waals surface area contributed by atoms with Crippen LogP contribution >= 0.6 is 0 Å². The molecule has 0 spiro atoms. The predicted molar refractivity (Wildman–Crippen MR) is 76.5 cm³/mol. The van der Waals surface area contributed by atoms with E-state index in [2.05, 4.69) is 23.7 Å². The maximum absolute atomic E-state index is 13.2. The first-order chi connectivity index (χ1) is 9.19. The van der Waals surface area contributed by atoms with Crippen molar-refractivity contribution >= 4 is 6.21 Å². The fourth-order valence-electron chi connectivity index (χ4n) is 3.26. The lowest BCUT2D eigenvalue weighted by atomic mass is 9.84. The maximum atomic E-state index is 13.2. The molecule has 2 heterocycles. The fourth-order valence-corrected chi connectivity index (χ4v) is 3.26. The third-order valence-corrected chi connectivity index (χ3v) is 4.47. The van der Waals surface area contributed by atoms with Gasteiger partial charge in [-0.25, -0.2) is 4.39 Å². The second-order valence-electron chi connectivity index (χ2n) is 5.59. The fraction of sp³-hybridized carbons (Fsp3) is 0.500. The van der Waals surface area contributed by atoms with E-state index in [0.29, 0.717) is 12.0 Å². The van der Waals surface area contributed by atoms with Gasteiger partial charge in [0.05, 0.1) is 0 Å². The first-order valence-corrected chi connectivity index (χ1v) is 7.14. The second kappa shape index (κ2) is 5.04. The van der Waals surface area contributed by atoms with Gasteiger partial charge < -0.3 is 4.90 Å². The van der Waals surface area contributed by atoms with Crippen molar-refractivity contribution in [1.82, 2.24) is 4.90 Å². The minimum Gasteiger partial charge on any atom is -0.300 e. The first kappa shape index (κ1) is 12.8. The molecule has 0 aromatic heterocycles. The molecule has 1 radical (unpaired) electrons. The molecule has 0 N–H and O–H groups in total. The van der Waals surface area contributed by atoms with E-state index >= 15 is 0 Å². The summed E-state index contributed by atoms with van der Waals surface area (Å²) in [5, 5.41) is 0. The highest BCUT2D eigenvalue weighted by Gasteiger charge is 2.31. The van der Waals surface area contributed by atoms with Crippen molar-refractivity contribution in [2.45, 2.75) is 32.7 Å². The Morgan fingerprint density at radius 2 is 2.21 bits per heavy atom. The van der Waals surface area contributed by atoms with Gasteiger partial charge in [0.25, 0.3) is 0 Å². The Labute approximate surface area is 114 Å². The third-order valence-electron chi connectivity index (χ3n) is 4.47. The zero-order valence-electron chi connectivity index (χ0n) is 11.6. The highest BCUT2D eigenvalue weighted by molar-refractivity contribution is 5.88. The summed E-state index contributed by atoms with van der Waals surface area (Å²) in [5.74, 6) is 0.330. The second-order valence-corrected chi connectivity index (χ2v) is 5.59. The van der Waals surface area contributed by atoms with E-state index in [1.807, 2.05) is 12.3 Å². The van der Waals surface area contributed by atoms with E-state index in [-0.39, 0.29) is 5.83 Å². The normalized spacial score (nSPS) is 31.8. The van der Waals surface area contributed by atoms with Gasteiger partial charge in [0.15, 0.2) is 0 Å². The smallest absolute Gasteiger partial charge is 0.140 e. The van der Waals surface area contributed by atoms with Crippen LogP contribution < -0.4 is 0 Å². The molecule has 0 unspecified atom stereocenters. The molecular weight excluding hydrogens is 239 g/mol. The number of hydrogen-bond acceptors (Lipinski definition) is 2. The number of halogens is 1. The molecule has 1 fully saturated rings. The van der Waals surface area contributed by atoms with Crippen LogP contribution in [0.3, 0.4) is 0 Å². The molecule has 2 atom stereocenters. The SMILES string of the molecule is CCN1C[C@@H](C2=C3C=CC(F)=C[C]3N=C2)CC[C@H]1C. The minimum absolute atomic E-state index is 0.204. The number of hydrogen-bond donors (Lipinski definition) is 0. The molecule has 19 heavy (non-hydrogen) atoms. The molecule has 0 bridgehead atoms. The number of nitrogens with zero attached hydrogens (tertiary/aromatic N) is 2. The summed E-state index contributed by atoms with van der Waals surface area (Å²) in [6.45, 7) is 6.71. The number of rotatable bonds is 2.